The Morgan fingerprint density at radius 3 is 2.76 bits per heavy atom. The third-order valence-electron chi connectivity index (χ3n) is 3.97. The Bertz CT molecular complexity index is 1020. The van der Waals surface area contributed by atoms with E-state index < -0.39 is 5.97 Å². The van der Waals surface area contributed by atoms with Crippen molar-refractivity contribution in [2.75, 3.05) is 7.11 Å². The second-order valence-corrected chi connectivity index (χ2v) is 5.61. The van der Waals surface area contributed by atoms with Crippen LogP contribution < -0.4 is 0 Å². The molecule has 0 bridgehead atoms. The van der Waals surface area contributed by atoms with Gasteiger partial charge in [0, 0.05) is 18.6 Å². The van der Waals surface area contributed by atoms with Gasteiger partial charge >= 0.3 is 5.97 Å². The van der Waals surface area contributed by atoms with Gasteiger partial charge in [-0.25, -0.2) is 9.48 Å². The first kappa shape index (κ1) is 15.1. The van der Waals surface area contributed by atoms with Crippen LogP contribution in [0.4, 0.5) is 0 Å². The maximum atomic E-state index is 12.0. The maximum absolute atomic E-state index is 12.0. The van der Waals surface area contributed by atoms with Crippen LogP contribution in [-0.2, 0) is 11.2 Å². The number of rotatable bonds is 4. The SMILES string of the molecule is COC(=O)c1cc(Cc2ccc(-n3cccn3)cc2)cn2cnnc12. The minimum Gasteiger partial charge on any atom is -0.465 e. The predicted molar refractivity (Wildman–Crippen MR) is 90.7 cm³/mol. The molecule has 0 fully saturated rings. The van der Waals surface area contributed by atoms with Gasteiger partial charge in [0.25, 0.3) is 0 Å². The molecular weight excluding hydrogens is 318 g/mol. The molecule has 124 valence electrons. The molecule has 0 aliphatic heterocycles. The van der Waals surface area contributed by atoms with Gasteiger partial charge in [0.15, 0.2) is 5.65 Å². The zero-order valence-electron chi connectivity index (χ0n) is 13.5. The van der Waals surface area contributed by atoms with E-state index in [2.05, 4.69) is 15.3 Å². The lowest BCUT2D eigenvalue weighted by molar-refractivity contribution is 0.0602. The average molecular weight is 333 g/mol. The van der Waals surface area contributed by atoms with Crippen LogP contribution in [0.15, 0.2) is 61.3 Å². The zero-order valence-corrected chi connectivity index (χ0v) is 13.5. The fourth-order valence-corrected chi connectivity index (χ4v) is 2.78. The second kappa shape index (κ2) is 6.20. The number of pyridine rings is 1. The summed E-state index contributed by atoms with van der Waals surface area (Å²) in [4.78, 5) is 12.0. The van der Waals surface area contributed by atoms with Gasteiger partial charge in [-0.1, -0.05) is 12.1 Å². The molecule has 0 saturated carbocycles. The van der Waals surface area contributed by atoms with E-state index in [9.17, 15) is 4.79 Å². The number of hydrogen-bond acceptors (Lipinski definition) is 5. The molecule has 4 rings (SSSR count). The number of esters is 1. The molecule has 0 atom stereocenters. The average Bonchev–Trinajstić information content (AvgIpc) is 3.32. The van der Waals surface area contributed by atoms with Crippen molar-refractivity contribution in [3.63, 3.8) is 0 Å². The van der Waals surface area contributed by atoms with Crippen LogP contribution in [0.3, 0.4) is 0 Å². The first-order chi connectivity index (χ1) is 12.2. The van der Waals surface area contributed by atoms with E-state index >= 15 is 0 Å². The van der Waals surface area contributed by atoms with Crippen LogP contribution in [0.2, 0.25) is 0 Å². The van der Waals surface area contributed by atoms with Gasteiger partial charge < -0.3 is 4.74 Å². The minimum absolute atomic E-state index is 0.408. The van der Waals surface area contributed by atoms with Crippen molar-refractivity contribution >= 4 is 11.6 Å². The fourth-order valence-electron chi connectivity index (χ4n) is 2.78. The van der Waals surface area contributed by atoms with E-state index in [4.69, 9.17) is 4.74 Å². The van der Waals surface area contributed by atoms with Gasteiger partial charge in [-0.15, -0.1) is 10.2 Å². The lowest BCUT2D eigenvalue weighted by Crippen LogP contribution is -2.06. The predicted octanol–water partition coefficient (Wildman–Crippen LogP) is 2.29. The van der Waals surface area contributed by atoms with Crippen molar-refractivity contribution in [3.05, 3.63) is 78.0 Å². The van der Waals surface area contributed by atoms with Crippen molar-refractivity contribution in [2.24, 2.45) is 0 Å². The van der Waals surface area contributed by atoms with Gasteiger partial charge in [0.05, 0.1) is 12.8 Å². The molecule has 0 aliphatic rings. The Morgan fingerprint density at radius 1 is 1.20 bits per heavy atom. The molecule has 7 heteroatoms. The smallest absolute Gasteiger partial charge is 0.341 e. The van der Waals surface area contributed by atoms with E-state index in [1.165, 1.54) is 7.11 Å². The van der Waals surface area contributed by atoms with Gasteiger partial charge in [-0.3, -0.25) is 4.40 Å². The monoisotopic (exact) mass is 333 g/mol. The van der Waals surface area contributed by atoms with Gasteiger partial charge in [0.2, 0.25) is 0 Å². The summed E-state index contributed by atoms with van der Waals surface area (Å²) in [5.74, 6) is -0.422. The lowest BCUT2D eigenvalue weighted by Gasteiger charge is -2.08. The Labute approximate surface area is 143 Å². The fraction of sp³-hybridized carbons (Fsp3) is 0.111. The summed E-state index contributed by atoms with van der Waals surface area (Å²) in [5, 5.41) is 12.1. The molecule has 3 heterocycles. The van der Waals surface area contributed by atoms with E-state index in [-0.39, 0.29) is 0 Å². The Balaban J connectivity index is 1.65. The second-order valence-electron chi connectivity index (χ2n) is 5.61. The van der Waals surface area contributed by atoms with Crippen molar-refractivity contribution in [1.82, 2.24) is 24.4 Å². The zero-order chi connectivity index (χ0) is 17.2. The van der Waals surface area contributed by atoms with Crippen LogP contribution in [0.25, 0.3) is 11.3 Å². The Hall–Kier alpha value is -3.48. The highest BCUT2D eigenvalue weighted by Crippen LogP contribution is 2.17. The summed E-state index contributed by atoms with van der Waals surface area (Å²) in [5.41, 5.74) is 3.99. The summed E-state index contributed by atoms with van der Waals surface area (Å²) in [6, 6.07) is 11.8. The lowest BCUT2D eigenvalue weighted by atomic mass is 10.0. The summed E-state index contributed by atoms with van der Waals surface area (Å²) in [6.45, 7) is 0. The van der Waals surface area contributed by atoms with Crippen LogP contribution in [0.5, 0.6) is 0 Å². The molecule has 25 heavy (non-hydrogen) atoms. The van der Waals surface area contributed by atoms with E-state index in [0.717, 1.165) is 16.8 Å². The maximum Gasteiger partial charge on any atom is 0.341 e. The highest BCUT2D eigenvalue weighted by atomic mass is 16.5. The first-order valence-electron chi connectivity index (χ1n) is 7.74. The summed E-state index contributed by atoms with van der Waals surface area (Å²) < 4.78 is 8.39. The number of fused-ring (bicyclic) bond motifs is 1. The number of methoxy groups -OCH3 is 1. The number of nitrogens with zero attached hydrogens (tertiary/aromatic N) is 5. The molecule has 1 aromatic carbocycles. The largest absolute Gasteiger partial charge is 0.465 e. The molecule has 0 unspecified atom stereocenters. The summed E-state index contributed by atoms with van der Waals surface area (Å²) in [7, 11) is 1.36. The summed E-state index contributed by atoms with van der Waals surface area (Å²) >= 11 is 0. The standard InChI is InChI=1S/C18H15N5O2/c1-25-18(24)16-10-14(11-22-12-19-21-17(16)22)9-13-3-5-15(6-4-13)23-8-2-7-20-23/h2-8,10-12H,9H2,1H3. The van der Waals surface area contributed by atoms with E-state index in [1.807, 2.05) is 47.4 Å². The highest BCUT2D eigenvalue weighted by Gasteiger charge is 2.14. The molecule has 7 nitrogen and oxygen atoms in total. The molecule has 0 spiro atoms. The number of aromatic nitrogens is 5. The van der Waals surface area contributed by atoms with E-state index in [0.29, 0.717) is 17.6 Å². The Morgan fingerprint density at radius 2 is 2.04 bits per heavy atom. The highest BCUT2D eigenvalue weighted by molar-refractivity contribution is 5.95. The van der Waals surface area contributed by atoms with Crippen LogP contribution >= 0.6 is 0 Å². The van der Waals surface area contributed by atoms with Crippen LogP contribution in [0.1, 0.15) is 21.5 Å². The molecule has 0 N–H and O–H groups in total. The quantitative estimate of drug-likeness (QED) is 0.536. The normalized spacial score (nSPS) is 10.9. The van der Waals surface area contributed by atoms with Gasteiger partial charge in [-0.2, -0.15) is 5.10 Å². The molecule has 3 aromatic heterocycles. The van der Waals surface area contributed by atoms with Gasteiger partial charge in [0.1, 0.15) is 11.9 Å². The number of benzene rings is 1. The van der Waals surface area contributed by atoms with E-state index in [1.54, 1.807) is 23.0 Å². The molecular formula is C18H15N5O2. The van der Waals surface area contributed by atoms with Gasteiger partial charge in [-0.05, 0) is 41.8 Å². The van der Waals surface area contributed by atoms with Crippen LogP contribution in [-0.4, -0.2) is 37.5 Å². The van der Waals surface area contributed by atoms with Crippen molar-refractivity contribution in [2.45, 2.75) is 6.42 Å². The third-order valence-corrected chi connectivity index (χ3v) is 3.97. The minimum atomic E-state index is -0.422. The van der Waals surface area contributed by atoms with Crippen molar-refractivity contribution in [1.29, 1.82) is 0 Å². The number of ether oxygens (including phenoxy) is 1. The number of carbonyl (C=O) groups excluding carboxylic acids is 1. The van der Waals surface area contributed by atoms with Crippen LogP contribution in [0, 0.1) is 0 Å². The molecule has 0 saturated heterocycles. The Kier molecular flexibility index (Phi) is 3.74. The van der Waals surface area contributed by atoms with Crippen molar-refractivity contribution in [3.8, 4) is 5.69 Å². The third kappa shape index (κ3) is 2.87. The topological polar surface area (TPSA) is 74.3 Å². The molecule has 0 radical (unpaired) electrons. The molecule has 0 aliphatic carbocycles. The number of carbonyl (C=O) groups is 1. The summed E-state index contributed by atoms with van der Waals surface area (Å²) in [6.07, 6.45) is 7.82. The number of hydrogen-bond donors (Lipinski definition) is 0. The molecule has 0 amide bonds. The van der Waals surface area contributed by atoms with Crippen molar-refractivity contribution < 1.29 is 9.53 Å². The first-order valence-corrected chi connectivity index (χ1v) is 7.74. The molecule has 4 aromatic rings.